The summed E-state index contributed by atoms with van der Waals surface area (Å²) in [5.41, 5.74) is 3.61. The molecule has 0 heterocycles. The lowest BCUT2D eigenvalue weighted by Crippen LogP contribution is -2.39. The van der Waals surface area contributed by atoms with E-state index in [0.29, 0.717) is 12.5 Å². The van der Waals surface area contributed by atoms with Crippen LogP contribution in [-0.2, 0) is 11.2 Å². The Hall–Kier alpha value is -1.31. The Balaban J connectivity index is 1.61. The molecule has 0 unspecified atom stereocenters. The van der Waals surface area contributed by atoms with E-state index in [9.17, 15) is 4.79 Å². The van der Waals surface area contributed by atoms with Crippen molar-refractivity contribution in [2.24, 2.45) is 11.8 Å². The molecule has 1 aromatic carbocycles. The van der Waals surface area contributed by atoms with Gasteiger partial charge in [-0.15, -0.1) is 0 Å². The minimum atomic E-state index is 0.200. The highest BCUT2D eigenvalue weighted by Gasteiger charge is 2.39. The zero-order valence-electron chi connectivity index (χ0n) is 11.9. The summed E-state index contributed by atoms with van der Waals surface area (Å²) in [6, 6.07) is 6.80. The predicted molar refractivity (Wildman–Crippen MR) is 77.0 cm³/mol. The number of hydrogen-bond acceptors (Lipinski definition) is 1. The zero-order chi connectivity index (χ0) is 13.4. The normalized spacial score (nSPS) is 28.6. The maximum absolute atomic E-state index is 12.2. The highest BCUT2D eigenvalue weighted by molar-refractivity contribution is 5.79. The fourth-order valence-corrected chi connectivity index (χ4v) is 3.84. The molecule has 2 heteroatoms. The van der Waals surface area contributed by atoms with E-state index in [1.807, 2.05) is 0 Å². The minimum absolute atomic E-state index is 0.200. The van der Waals surface area contributed by atoms with Gasteiger partial charge in [0.2, 0.25) is 5.91 Å². The number of rotatable bonds is 3. The van der Waals surface area contributed by atoms with Crippen molar-refractivity contribution in [3.05, 3.63) is 34.9 Å². The largest absolute Gasteiger partial charge is 0.353 e. The number of fused-ring (bicyclic) bond motifs is 2. The van der Waals surface area contributed by atoms with Crippen molar-refractivity contribution in [1.82, 2.24) is 5.32 Å². The summed E-state index contributed by atoms with van der Waals surface area (Å²) < 4.78 is 0. The summed E-state index contributed by atoms with van der Waals surface area (Å²) in [4.78, 5) is 12.2. The first kappa shape index (κ1) is 12.7. The molecule has 1 amide bonds. The van der Waals surface area contributed by atoms with E-state index in [0.717, 1.165) is 11.8 Å². The van der Waals surface area contributed by atoms with E-state index >= 15 is 0 Å². The van der Waals surface area contributed by atoms with Crippen molar-refractivity contribution in [3.8, 4) is 0 Å². The van der Waals surface area contributed by atoms with Gasteiger partial charge in [-0.2, -0.15) is 0 Å². The molecule has 2 fully saturated rings. The lowest BCUT2D eigenvalue weighted by molar-refractivity contribution is -0.121. The van der Waals surface area contributed by atoms with Gasteiger partial charge >= 0.3 is 0 Å². The molecular formula is C17H23NO. The van der Waals surface area contributed by atoms with Crippen LogP contribution in [0.5, 0.6) is 0 Å². The van der Waals surface area contributed by atoms with Gasteiger partial charge in [0.05, 0.1) is 6.42 Å². The van der Waals surface area contributed by atoms with E-state index in [2.05, 4.69) is 37.4 Å². The van der Waals surface area contributed by atoms with Gasteiger partial charge in [-0.3, -0.25) is 4.79 Å². The molecule has 1 N–H and O–H groups in total. The van der Waals surface area contributed by atoms with Crippen LogP contribution in [0.4, 0.5) is 0 Å². The third kappa shape index (κ3) is 2.68. The third-order valence-corrected chi connectivity index (χ3v) is 4.94. The molecule has 0 aliphatic heterocycles. The summed E-state index contributed by atoms with van der Waals surface area (Å²) in [6.45, 7) is 4.16. The van der Waals surface area contributed by atoms with Gasteiger partial charge in [0, 0.05) is 6.04 Å². The molecule has 3 atom stereocenters. The lowest BCUT2D eigenvalue weighted by atomic mass is 9.95. The second kappa shape index (κ2) is 4.99. The average molecular weight is 257 g/mol. The average Bonchev–Trinajstić information content (AvgIpc) is 2.96. The van der Waals surface area contributed by atoms with Crippen LogP contribution in [0, 0.1) is 25.7 Å². The molecule has 0 saturated heterocycles. The first-order chi connectivity index (χ1) is 9.11. The monoisotopic (exact) mass is 257 g/mol. The first-order valence-electron chi connectivity index (χ1n) is 7.47. The molecule has 0 aromatic heterocycles. The molecule has 2 saturated carbocycles. The summed E-state index contributed by atoms with van der Waals surface area (Å²) in [5, 5.41) is 3.27. The predicted octanol–water partition coefficient (Wildman–Crippen LogP) is 3.15. The van der Waals surface area contributed by atoms with Crippen LogP contribution < -0.4 is 5.32 Å². The van der Waals surface area contributed by atoms with E-state index in [1.165, 1.54) is 42.4 Å². The maximum Gasteiger partial charge on any atom is 0.224 e. The number of carbonyl (C=O) groups is 1. The van der Waals surface area contributed by atoms with Crippen molar-refractivity contribution >= 4 is 5.91 Å². The Labute approximate surface area is 115 Å². The fourth-order valence-electron chi connectivity index (χ4n) is 3.84. The number of carbonyl (C=O) groups excluding carboxylic acids is 1. The minimum Gasteiger partial charge on any atom is -0.353 e. The Bertz CT molecular complexity index is 494. The van der Waals surface area contributed by atoms with Gasteiger partial charge in [0.15, 0.2) is 0 Å². The summed E-state index contributed by atoms with van der Waals surface area (Å²) in [7, 11) is 0. The molecular weight excluding hydrogens is 234 g/mol. The molecule has 102 valence electrons. The van der Waals surface area contributed by atoms with Crippen LogP contribution >= 0.6 is 0 Å². The van der Waals surface area contributed by atoms with Gasteiger partial charge in [0.25, 0.3) is 0 Å². The molecule has 3 rings (SSSR count). The van der Waals surface area contributed by atoms with E-state index in [4.69, 9.17) is 0 Å². The Morgan fingerprint density at radius 1 is 1.26 bits per heavy atom. The van der Waals surface area contributed by atoms with Crippen molar-refractivity contribution in [1.29, 1.82) is 0 Å². The van der Waals surface area contributed by atoms with Crippen LogP contribution in [0.3, 0.4) is 0 Å². The second-order valence-corrected chi connectivity index (χ2v) is 6.46. The molecule has 19 heavy (non-hydrogen) atoms. The molecule has 2 bridgehead atoms. The maximum atomic E-state index is 12.2. The molecule has 2 nitrogen and oxygen atoms in total. The SMILES string of the molecule is Cc1ccc(C)c(CC(=O)N[C@@H]2C[C@H]3CC[C@@H]2C3)c1. The molecule has 0 spiro atoms. The Kier molecular flexibility index (Phi) is 3.34. The second-order valence-electron chi connectivity index (χ2n) is 6.46. The number of nitrogens with one attached hydrogen (secondary N) is 1. The number of benzene rings is 1. The lowest BCUT2D eigenvalue weighted by Gasteiger charge is -2.23. The molecule has 0 radical (unpaired) electrons. The highest BCUT2D eigenvalue weighted by atomic mass is 16.1. The van der Waals surface area contributed by atoms with Crippen molar-refractivity contribution < 1.29 is 4.79 Å². The van der Waals surface area contributed by atoms with Crippen LogP contribution in [0.2, 0.25) is 0 Å². The van der Waals surface area contributed by atoms with E-state index < -0.39 is 0 Å². The first-order valence-corrected chi connectivity index (χ1v) is 7.47. The molecule has 2 aliphatic carbocycles. The van der Waals surface area contributed by atoms with E-state index in [1.54, 1.807) is 0 Å². The van der Waals surface area contributed by atoms with Crippen molar-refractivity contribution in [2.45, 2.75) is 52.0 Å². The zero-order valence-corrected chi connectivity index (χ0v) is 11.9. The highest BCUT2D eigenvalue weighted by Crippen LogP contribution is 2.44. The third-order valence-electron chi connectivity index (χ3n) is 4.94. The van der Waals surface area contributed by atoms with Crippen LogP contribution in [0.25, 0.3) is 0 Å². The standard InChI is InChI=1S/C17H23NO/c1-11-3-4-12(2)15(7-11)10-17(19)18-16-9-13-5-6-14(16)8-13/h3-4,7,13-14,16H,5-6,8-10H2,1-2H3,(H,18,19)/t13-,14+,16+/m0/s1. The summed E-state index contributed by atoms with van der Waals surface area (Å²) in [6.07, 6.45) is 5.78. The Morgan fingerprint density at radius 3 is 2.79 bits per heavy atom. The summed E-state index contributed by atoms with van der Waals surface area (Å²) >= 11 is 0. The molecule has 1 aromatic rings. The number of hydrogen-bond donors (Lipinski definition) is 1. The van der Waals surface area contributed by atoms with E-state index in [-0.39, 0.29) is 5.91 Å². The van der Waals surface area contributed by atoms with Gasteiger partial charge in [-0.25, -0.2) is 0 Å². The number of aryl methyl sites for hydroxylation is 2. The number of amides is 1. The van der Waals surface area contributed by atoms with Gasteiger partial charge in [-0.1, -0.05) is 30.2 Å². The summed E-state index contributed by atoms with van der Waals surface area (Å²) in [5.74, 6) is 1.84. The quantitative estimate of drug-likeness (QED) is 0.885. The van der Waals surface area contributed by atoms with Gasteiger partial charge < -0.3 is 5.32 Å². The Morgan fingerprint density at radius 2 is 2.11 bits per heavy atom. The fraction of sp³-hybridized carbons (Fsp3) is 0.588. The van der Waals surface area contributed by atoms with Gasteiger partial charge in [-0.05, 0) is 56.1 Å². The van der Waals surface area contributed by atoms with Crippen molar-refractivity contribution in [2.75, 3.05) is 0 Å². The van der Waals surface area contributed by atoms with Crippen LogP contribution in [-0.4, -0.2) is 11.9 Å². The topological polar surface area (TPSA) is 29.1 Å². The molecule has 2 aliphatic rings. The van der Waals surface area contributed by atoms with Crippen LogP contribution in [0.15, 0.2) is 18.2 Å². The van der Waals surface area contributed by atoms with Gasteiger partial charge in [0.1, 0.15) is 0 Å². The van der Waals surface area contributed by atoms with Crippen LogP contribution in [0.1, 0.15) is 42.4 Å². The van der Waals surface area contributed by atoms with Crippen molar-refractivity contribution in [3.63, 3.8) is 0 Å². The smallest absolute Gasteiger partial charge is 0.224 e.